The van der Waals surface area contributed by atoms with Gasteiger partial charge in [-0.3, -0.25) is 9.97 Å². The van der Waals surface area contributed by atoms with Gasteiger partial charge in [0.25, 0.3) is 0 Å². The fourth-order valence-electron chi connectivity index (χ4n) is 2.34. The van der Waals surface area contributed by atoms with Gasteiger partial charge >= 0.3 is 5.97 Å². The van der Waals surface area contributed by atoms with E-state index in [0.29, 0.717) is 5.56 Å². The first-order chi connectivity index (χ1) is 10.8. The maximum absolute atomic E-state index is 12.0. The van der Waals surface area contributed by atoms with E-state index in [1.165, 1.54) is 7.11 Å². The third kappa shape index (κ3) is 2.59. The van der Waals surface area contributed by atoms with E-state index in [2.05, 4.69) is 9.97 Å². The molecular formula is C18H14N2O2. The van der Waals surface area contributed by atoms with Gasteiger partial charge in [-0.05, 0) is 29.8 Å². The van der Waals surface area contributed by atoms with Gasteiger partial charge in [0.1, 0.15) is 0 Å². The molecule has 0 bridgehead atoms. The largest absolute Gasteiger partial charge is 0.465 e. The molecule has 0 aliphatic heterocycles. The Kier molecular flexibility index (Phi) is 3.92. The van der Waals surface area contributed by atoms with E-state index in [4.69, 9.17) is 4.74 Å². The van der Waals surface area contributed by atoms with Crippen LogP contribution in [0.25, 0.3) is 22.5 Å². The van der Waals surface area contributed by atoms with Gasteiger partial charge in [-0.25, -0.2) is 4.79 Å². The molecular weight excluding hydrogens is 276 g/mol. The highest BCUT2D eigenvalue weighted by atomic mass is 16.5. The van der Waals surface area contributed by atoms with Gasteiger partial charge in [0, 0.05) is 18.0 Å². The summed E-state index contributed by atoms with van der Waals surface area (Å²) in [5, 5.41) is 0. The smallest absolute Gasteiger partial charge is 0.338 e. The summed E-state index contributed by atoms with van der Waals surface area (Å²) in [6, 6.07) is 16.8. The molecule has 0 saturated heterocycles. The number of pyridine rings is 2. The van der Waals surface area contributed by atoms with Crippen LogP contribution in [0.2, 0.25) is 0 Å². The average molecular weight is 290 g/mol. The molecule has 108 valence electrons. The number of carbonyl (C=O) groups excluding carboxylic acids is 1. The van der Waals surface area contributed by atoms with Crippen LogP contribution in [0.1, 0.15) is 10.4 Å². The second-order valence-electron chi connectivity index (χ2n) is 4.65. The Morgan fingerprint density at radius 2 is 1.59 bits per heavy atom. The Balaban J connectivity index is 2.21. The number of esters is 1. The van der Waals surface area contributed by atoms with Crippen LogP contribution >= 0.6 is 0 Å². The summed E-state index contributed by atoms with van der Waals surface area (Å²) in [4.78, 5) is 20.8. The number of ether oxygens (including phenoxy) is 1. The van der Waals surface area contributed by atoms with E-state index in [1.54, 1.807) is 18.5 Å². The molecule has 0 fully saturated rings. The molecule has 0 saturated carbocycles. The predicted octanol–water partition coefficient (Wildman–Crippen LogP) is 3.60. The lowest BCUT2D eigenvalue weighted by Gasteiger charge is -2.11. The Hall–Kier alpha value is -3.01. The molecule has 4 heteroatoms. The summed E-state index contributed by atoms with van der Waals surface area (Å²) in [6.07, 6.45) is 3.44. The quantitative estimate of drug-likeness (QED) is 0.692. The lowest BCUT2D eigenvalue weighted by molar-refractivity contribution is 0.0601. The molecule has 0 amide bonds. The highest BCUT2D eigenvalue weighted by molar-refractivity contribution is 5.99. The van der Waals surface area contributed by atoms with Crippen LogP contribution in [-0.2, 0) is 4.74 Å². The van der Waals surface area contributed by atoms with Crippen LogP contribution in [0.5, 0.6) is 0 Å². The van der Waals surface area contributed by atoms with Crippen molar-refractivity contribution < 1.29 is 9.53 Å². The Morgan fingerprint density at radius 3 is 2.36 bits per heavy atom. The number of nitrogens with zero attached hydrogens (tertiary/aromatic N) is 2. The maximum Gasteiger partial charge on any atom is 0.338 e. The molecule has 3 aromatic rings. The number of hydrogen-bond acceptors (Lipinski definition) is 4. The predicted molar refractivity (Wildman–Crippen MR) is 84.2 cm³/mol. The van der Waals surface area contributed by atoms with Crippen molar-refractivity contribution in [3.05, 3.63) is 72.6 Å². The molecule has 0 aliphatic carbocycles. The summed E-state index contributed by atoms with van der Waals surface area (Å²) in [6.45, 7) is 0. The number of carbonyl (C=O) groups is 1. The van der Waals surface area contributed by atoms with Gasteiger partial charge < -0.3 is 4.74 Å². The first-order valence-corrected chi connectivity index (χ1v) is 6.85. The zero-order valence-corrected chi connectivity index (χ0v) is 12.1. The topological polar surface area (TPSA) is 52.1 Å². The minimum Gasteiger partial charge on any atom is -0.465 e. The molecule has 2 aromatic heterocycles. The standard InChI is InChI=1S/C18H14N2O2/c1-22-18(21)15-8-3-2-7-13(15)14-9-6-12-20-17(14)16-10-4-5-11-19-16/h2-12H,1H3. The molecule has 22 heavy (non-hydrogen) atoms. The summed E-state index contributed by atoms with van der Waals surface area (Å²) in [7, 11) is 1.38. The molecule has 0 unspecified atom stereocenters. The number of benzene rings is 1. The van der Waals surface area contributed by atoms with Crippen molar-refractivity contribution in [2.45, 2.75) is 0 Å². The van der Waals surface area contributed by atoms with Crippen molar-refractivity contribution in [3.63, 3.8) is 0 Å². The fourth-order valence-corrected chi connectivity index (χ4v) is 2.34. The first-order valence-electron chi connectivity index (χ1n) is 6.85. The van der Waals surface area contributed by atoms with Crippen LogP contribution in [0.3, 0.4) is 0 Å². The normalized spacial score (nSPS) is 10.2. The van der Waals surface area contributed by atoms with E-state index in [-0.39, 0.29) is 5.97 Å². The summed E-state index contributed by atoms with van der Waals surface area (Å²) in [5.74, 6) is -0.369. The van der Waals surface area contributed by atoms with Crippen molar-refractivity contribution in [3.8, 4) is 22.5 Å². The zero-order valence-electron chi connectivity index (χ0n) is 12.1. The molecule has 3 rings (SSSR count). The van der Waals surface area contributed by atoms with Gasteiger partial charge in [-0.1, -0.05) is 30.3 Å². The molecule has 0 spiro atoms. The van der Waals surface area contributed by atoms with Gasteiger partial charge in [0.2, 0.25) is 0 Å². The molecule has 0 aliphatic rings. The second kappa shape index (κ2) is 6.18. The average Bonchev–Trinajstić information content (AvgIpc) is 2.62. The molecule has 1 aromatic carbocycles. The molecule has 4 nitrogen and oxygen atoms in total. The second-order valence-corrected chi connectivity index (χ2v) is 4.65. The van der Waals surface area contributed by atoms with Crippen molar-refractivity contribution in [2.24, 2.45) is 0 Å². The fraction of sp³-hybridized carbons (Fsp3) is 0.0556. The Labute approximate surface area is 128 Å². The Morgan fingerprint density at radius 1 is 0.864 bits per heavy atom. The van der Waals surface area contributed by atoms with E-state index in [0.717, 1.165) is 22.5 Å². The number of aromatic nitrogens is 2. The monoisotopic (exact) mass is 290 g/mol. The van der Waals surface area contributed by atoms with E-state index in [1.807, 2.05) is 48.5 Å². The van der Waals surface area contributed by atoms with Gasteiger partial charge in [0.15, 0.2) is 0 Å². The lowest BCUT2D eigenvalue weighted by Crippen LogP contribution is -2.04. The van der Waals surface area contributed by atoms with Crippen molar-refractivity contribution in [2.75, 3.05) is 7.11 Å². The summed E-state index contributed by atoms with van der Waals surface area (Å²) in [5.41, 5.74) is 3.64. The van der Waals surface area contributed by atoms with Gasteiger partial charge in [-0.15, -0.1) is 0 Å². The molecule has 2 heterocycles. The Bertz CT molecular complexity index is 801. The molecule has 0 radical (unpaired) electrons. The van der Waals surface area contributed by atoms with Gasteiger partial charge in [-0.2, -0.15) is 0 Å². The van der Waals surface area contributed by atoms with Crippen LogP contribution in [-0.4, -0.2) is 23.0 Å². The number of rotatable bonds is 3. The minimum atomic E-state index is -0.369. The lowest BCUT2D eigenvalue weighted by atomic mass is 9.97. The highest BCUT2D eigenvalue weighted by Gasteiger charge is 2.16. The molecule has 0 atom stereocenters. The third-order valence-corrected chi connectivity index (χ3v) is 3.34. The minimum absolute atomic E-state index is 0.369. The zero-order chi connectivity index (χ0) is 15.4. The van der Waals surface area contributed by atoms with E-state index >= 15 is 0 Å². The van der Waals surface area contributed by atoms with Crippen molar-refractivity contribution in [1.82, 2.24) is 9.97 Å². The summed E-state index contributed by atoms with van der Waals surface area (Å²) >= 11 is 0. The van der Waals surface area contributed by atoms with Crippen molar-refractivity contribution >= 4 is 5.97 Å². The third-order valence-electron chi connectivity index (χ3n) is 3.34. The van der Waals surface area contributed by atoms with Crippen LogP contribution in [0.4, 0.5) is 0 Å². The number of methoxy groups -OCH3 is 1. The molecule has 0 N–H and O–H groups in total. The van der Waals surface area contributed by atoms with Gasteiger partial charge in [0.05, 0.1) is 24.1 Å². The van der Waals surface area contributed by atoms with Crippen LogP contribution < -0.4 is 0 Å². The summed E-state index contributed by atoms with van der Waals surface area (Å²) < 4.78 is 4.87. The van der Waals surface area contributed by atoms with E-state index < -0.39 is 0 Å². The SMILES string of the molecule is COC(=O)c1ccccc1-c1cccnc1-c1ccccn1. The number of hydrogen-bond donors (Lipinski definition) is 0. The van der Waals surface area contributed by atoms with Crippen molar-refractivity contribution in [1.29, 1.82) is 0 Å². The maximum atomic E-state index is 12.0. The highest BCUT2D eigenvalue weighted by Crippen LogP contribution is 2.31. The van der Waals surface area contributed by atoms with E-state index in [9.17, 15) is 4.79 Å². The first kappa shape index (κ1) is 13.9. The van der Waals surface area contributed by atoms with Crippen LogP contribution in [0, 0.1) is 0 Å². The van der Waals surface area contributed by atoms with Crippen LogP contribution in [0.15, 0.2) is 67.0 Å².